The van der Waals surface area contributed by atoms with Crippen LogP contribution in [0.3, 0.4) is 0 Å². The molecule has 0 unspecified atom stereocenters. The summed E-state index contributed by atoms with van der Waals surface area (Å²) < 4.78 is 0. The van der Waals surface area contributed by atoms with Crippen LogP contribution < -0.4 is 5.32 Å². The third-order valence-corrected chi connectivity index (χ3v) is 2.82. The molecule has 0 aliphatic heterocycles. The van der Waals surface area contributed by atoms with E-state index in [1.165, 1.54) is 6.92 Å². The van der Waals surface area contributed by atoms with Crippen LogP contribution in [0.2, 0.25) is 0 Å². The minimum absolute atomic E-state index is 0.0245. The number of Topliss-reactive ketones (excluding diaryl/α,β-unsaturated/α-hetero) is 1. The zero-order valence-electron chi connectivity index (χ0n) is 11.9. The van der Waals surface area contributed by atoms with Gasteiger partial charge in [0.1, 0.15) is 0 Å². The quantitative estimate of drug-likeness (QED) is 0.797. The van der Waals surface area contributed by atoms with Gasteiger partial charge in [-0.2, -0.15) is 0 Å². The van der Waals surface area contributed by atoms with Crippen molar-refractivity contribution in [2.45, 2.75) is 33.6 Å². The molecule has 0 radical (unpaired) electrons. The molecular formula is C15H22N2O2. The van der Waals surface area contributed by atoms with E-state index in [2.05, 4.69) is 19.2 Å². The molecule has 1 aromatic rings. The van der Waals surface area contributed by atoms with Gasteiger partial charge in [0.25, 0.3) is 0 Å². The topological polar surface area (TPSA) is 49.4 Å². The highest BCUT2D eigenvalue weighted by Gasteiger charge is 2.11. The van der Waals surface area contributed by atoms with Crippen LogP contribution in [0.4, 0.5) is 10.5 Å². The molecule has 0 saturated carbocycles. The Labute approximate surface area is 114 Å². The highest BCUT2D eigenvalue weighted by Crippen LogP contribution is 2.11. The molecule has 0 aliphatic carbocycles. The molecule has 2 amide bonds. The van der Waals surface area contributed by atoms with Crippen LogP contribution in [0.15, 0.2) is 24.3 Å². The Kier molecular flexibility index (Phi) is 6.06. The first-order valence-corrected chi connectivity index (χ1v) is 6.75. The third kappa shape index (κ3) is 4.73. The predicted octanol–water partition coefficient (Wildman–Crippen LogP) is 3.54. The number of urea groups is 1. The number of nitrogens with zero attached hydrogens (tertiary/aromatic N) is 1. The van der Waals surface area contributed by atoms with Crippen molar-refractivity contribution in [2.75, 3.05) is 18.4 Å². The van der Waals surface area contributed by atoms with Gasteiger partial charge in [-0.15, -0.1) is 0 Å². The van der Waals surface area contributed by atoms with Gasteiger partial charge >= 0.3 is 6.03 Å². The summed E-state index contributed by atoms with van der Waals surface area (Å²) in [5.41, 5.74) is 1.36. The van der Waals surface area contributed by atoms with E-state index in [1.54, 1.807) is 29.2 Å². The van der Waals surface area contributed by atoms with Crippen LogP contribution >= 0.6 is 0 Å². The van der Waals surface area contributed by atoms with Crippen LogP contribution in [0.25, 0.3) is 0 Å². The lowest BCUT2D eigenvalue weighted by atomic mass is 10.1. The van der Waals surface area contributed by atoms with E-state index in [-0.39, 0.29) is 11.8 Å². The molecule has 1 N–H and O–H groups in total. The predicted molar refractivity (Wildman–Crippen MR) is 77.6 cm³/mol. The van der Waals surface area contributed by atoms with Crippen molar-refractivity contribution in [2.24, 2.45) is 0 Å². The second-order valence-electron chi connectivity index (χ2n) is 4.55. The summed E-state index contributed by atoms with van der Waals surface area (Å²) in [5, 5.41) is 2.85. The highest BCUT2D eigenvalue weighted by atomic mass is 16.2. The number of carbonyl (C=O) groups excluding carboxylic acids is 2. The van der Waals surface area contributed by atoms with Crippen molar-refractivity contribution in [3.8, 4) is 0 Å². The molecule has 0 fully saturated rings. The minimum atomic E-state index is -0.0840. The van der Waals surface area contributed by atoms with Crippen molar-refractivity contribution in [1.29, 1.82) is 0 Å². The van der Waals surface area contributed by atoms with Crippen LogP contribution in [0.1, 0.15) is 44.0 Å². The number of rotatable bonds is 6. The van der Waals surface area contributed by atoms with Crippen molar-refractivity contribution in [3.63, 3.8) is 0 Å². The maximum Gasteiger partial charge on any atom is 0.321 e. The highest BCUT2D eigenvalue weighted by molar-refractivity contribution is 5.95. The number of nitrogens with one attached hydrogen (secondary N) is 1. The number of benzene rings is 1. The average Bonchev–Trinajstić information content (AvgIpc) is 2.39. The van der Waals surface area contributed by atoms with Gasteiger partial charge in [-0.3, -0.25) is 4.79 Å². The third-order valence-electron chi connectivity index (χ3n) is 2.82. The van der Waals surface area contributed by atoms with Crippen LogP contribution in [-0.2, 0) is 0 Å². The van der Waals surface area contributed by atoms with E-state index in [1.807, 2.05) is 0 Å². The van der Waals surface area contributed by atoms with Crippen LogP contribution in [0, 0.1) is 0 Å². The fraction of sp³-hybridized carbons (Fsp3) is 0.467. The first kappa shape index (κ1) is 15.2. The van der Waals surface area contributed by atoms with E-state index in [0.29, 0.717) is 11.3 Å². The van der Waals surface area contributed by atoms with Gasteiger partial charge in [-0.1, -0.05) is 13.8 Å². The molecule has 1 aromatic carbocycles. The number of hydrogen-bond acceptors (Lipinski definition) is 2. The molecule has 104 valence electrons. The number of anilines is 1. The molecule has 0 aliphatic rings. The number of amides is 2. The SMILES string of the molecule is CCCN(CCC)C(=O)Nc1ccc(C(C)=O)cc1. The van der Waals surface area contributed by atoms with Crippen molar-refractivity contribution < 1.29 is 9.59 Å². The fourth-order valence-corrected chi connectivity index (χ4v) is 1.85. The summed E-state index contributed by atoms with van der Waals surface area (Å²) in [4.78, 5) is 25.0. The Morgan fingerprint density at radius 2 is 1.58 bits per heavy atom. The van der Waals surface area contributed by atoms with Crippen molar-refractivity contribution in [1.82, 2.24) is 4.90 Å². The van der Waals surface area contributed by atoms with Gasteiger partial charge in [0.2, 0.25) is 0 Å². The van der Waals surface area contributed by atoms with Gasteiger partial charge in [0.15, 0.2) is 5.78 Å². The lowest BCUT2D eigenvalue weighted by Gasteiger charge is -2.21. The lowest BCUT2D eigenvalue weighted by Crippen LogP contribution is -2.36. The molecule has 4 heteroatoms. The summed E-state index contributed by atoms with van der Waals surface area (Å²) in [6.07, 6.45) is 1.88. The van der Waals surface area contributed by atoms with Crippen molar-refractivity contribution >= 4 is 17.5 Å². The first-order chi connectivity index (χ1) is 9.08. The Balaban J connectivity index is 2.66. The summed E-state index contributed by atoms with van der Waals surface area (Å²) in [6.45, 7) is 7.14. The monoisotopic (exact) mass is 262 g/mol. The molecule has 19 heavy (non-hydrogen) atoms. The maximum atomic E-state index is 12.1. The number of carbonyl (C=O) groups is 2. The molecule has 0 bridgehead atoms. The Morgan fingerprint density at radius 1 is 1.05 bits per heavy atom. The lowest BCUT2D eigenvalue weighted by molar-refractivity contribution is 0.101. The van der Waals surface area contributed by atoms with Crippen LogP contribution in [0.5, 0.6) is 0 Å². The van der Waals surface area contributed by atoms with E-state index in [9.17, 15) is 9.59 Å². The fourth-order valence-electron chi connectivity index (χ4n) is 1.85. The van der Waals surface area contributed by atoms with Gasteiger partial charge in [-0.05, 0) is 44.0 Å². The summed E-state index contributed by atoms with van der Waals surface area (Å²) in [7, 11) is 0. The number of hydrogen-bond donors (Lipinski definition) is 1. The molecular weight excluding hydrogens is 240 g/mol. The largest absolute Gasteiger partial charge is 0.325 e. The van der Waals surface area contributed by atoms with E-state index < -0.39 is 0 Å². The van der Waals surface area contributed by atoms with E-state index in [0.717, 1.165) is 25.9 Å². The van der Waals surface area contributed by atoms with E-state index in [4.69, 9.17) is 0 Å². The normalized spacial score (nSPS) is 10.1. The zero-order valence-corrected chi connectivity index (χ0v) is 11.9. The molecule has 4 nitrogen and oxygen atoms in total. The maximum absolute atomic E-state index is 12.1. The summed E-state index contributed by atoms with van der Waals surface area (Å²) >= 11 is 0. The standard InChI is InChI=1S/C15H22N2O2/c1-4-10-17(11-5-2)15(19)16-14-8-6-13(7-9-14)12(3)18/h6-9H,4-5,10-11H2,1-3H3,(H,16,19). The van der Waals surface area contributed by atoms with E-state index >= 15 is 0 Å². The smallest absolute Gasteiger partial charge is 0.321 e. The van der Waals surface area contributed by atoms with Crippen LogP contribution in [-0.4, -0.2) is 29.8 Å². The van der Waals surface area contributed by atoms with Crippen molar-refractivity contribution in [3.05, 3.63) is 29.8 Å². The molecule has 0 spiro atoms. The minimum Gasteiger partial charge on any atom is -0.325 e. The second kappa shape index (κ2) is 7.56. The Morgan fingerprint density at radius 3 is 2.00 bits per heavy atom. The first-order valence-electron chi connectivity index (χ1n) is 6.75. The second-order valence-corrected chi connectivity index (χ2v) is 4.55. The molecule has 0 heterocycles. The van der Waals surface area contributed by atoms with Gasteiger partial charge < -0.3 is 10.2 Å². The summed E-state index contributed by atoms with van der Waals surface area (Å²) in [5.74, 6) is 0.0245. The van der Waals surface area contributed by atoms with Gasteiger partial charge in [0.05, 0.1) is 0 Å². The summed E-state index contributed by atoms with van der Waals surface area (Å²) in [6, 6.07) is 6.87. The average molecular weight is 262 g/mol. The Bertz CT molecular complexity index is 420. The zero-order chi connectivity index (χ0) is 14.3. The molecule has 0 saturated heterocycles. The van der Waals surface area contributed by atoms with Gasteiger partial charge in [-0.25, -0.2) is 4.79 Å². The molecule has 0 atom stereocenters. The molecule has 0 aromatic heterocycles. The van der Waals surface area contributed by atoms with Gasteiger partial charge in [0, 0.05) is 24.3 Å². The molecule has 1 rings (SSSR count). The number of ketones is 1. The Hall–Kier alpha value is -1.84.